The van der Waals surface area contributed by atoms with Crippen LogP contribution in [-0.4, -0.2) is 14.0 Å². The maximum Gasteiger partial charge on any atom is 0.0218 e. The van der Waals surface area contributed by atoms with Crippen LogP contribution in [0.15, 0.2) is 0 Å². The van der Waals surface area contributed by atoms with Crippen molar-refractivity contribution in [3.05, 3.63) is 0 Å². The minimum atomic E-state index is -1.82. The molecule has 0 aromatic heterocycles. The summed E-state index contributed by atoms with van der Waals surface area (Å²) in [4.78, 5) is 0. The molecular formula is C7H13O2S-. The molecule has 0 amide bonds. The van der Waals surface area contributed by atoms with Crippen molar-refractivity contribution in [2.24, 2.45) is 5.92 Å². The highest BCUT2D eigenvalue weighted by molar-refractivity contribution is 7.79. The molecule has 0 aliphatic heterocycles. The average molecular weight is 161 g/mol. The van der Waals surface area contributed by atoms with Gasteiger partial charge in [-0.2, -0.15) is 0 Å². The first-order chi connectivity index (χ1) is 4.70. The van der Waals surface area contributed by atoms with Crippen LogP contribution in [0.3, 0.4) is 0 Å². The molecule has 1 aliphatic rings. The Kier molecular flexibility index (Phi) is 2.86. The first-order valence-corrected chi connectivity index (χ1v) is 4.92. The zero-order valence-electron chi connectivity index (χ0n) is 6.21. The van der Waals surface area contributed by atoms with E-state index in [1.165, 1.54) is 6.42 Å². The Morgan fingerprint density at radius 2 is 2.20 bits per heavy atom. The summed E-state index contributed by atoms with van der Waals surface area (Å²) in [7, 11) is 0. The second-order valence-corrected chi connectivity index (χ2v) is 4.34. The third kappa shape index (κ3) is 2.06. The van der Waals surface area contributed by atoms with E-state index in [9.17, 15) is 8.76 Å². The first kappa shape index (κ1) is 8.21. The van der Waals surface area contributed by atoms with E-state index >= 15 is 0 Å². The van der Waals surface area contributed by atoms with Gasteiger partial charge in [-0.3, -0.25) is 4.21 Å². The summed E-state index contributed by atoms with van der Waals surface area (Å²) in [5, 5.41) is -0.0521. The molecule has 3 unspecified atom stereocenters. The maximum atomic E-state index is 10.5. The SMILES string of the molecule is CC1CCCC(S(=O)[O-])C1. The fourth-order valence-corrected chi connectivity index (χ4v) is 2.40. The van der Waals surface area contributed by atoms with Crippen LogP contribution in [0.5, 0.6) is 0 Å². The minimum Gasteiger partial charge on any atom is -0.772 e. The molecule has 60 valence electrons. The van der Waals surface area contributed by atoms with Crippen LogP contribution in [0.1, 0.15) is 32.6 Å². The average Bonchev–Trinajstić information content (AvgIpc) is 1.88. The lowest BCUT2D eigenvalue weighted by molar-refractivity contribution is 0.375. The smallest absolute Gasteiger partial charge is 0.0218 e. The topological polar surface area (TPSA) is 40.1 Å². The van der Waals surface area contributed by atoms with E-state index in [0.29, 0.717) is 5.92 Å². The van der Waals surface area contributed by atoms with E-state index < -0.39 is 11.1 Å². The quantitative estimate of drug-likeness (QED) is 0.546. The van der Waals surface area contributed by atoms with Gasteiger partial charge in [0.25, 0.3) is 0 Å². The lowest BCUT2D eigenvalue weighted by Gasteiger charge is -2.27. The number of rotatable bonds is 1. The monoisotopic (exact) mass is 161 g/mol. The molecule has 0 radical (unpaired) electrons. The second-order valence-electron chi connectivity index (χ2n) is 3.15. The molecule has 0 spiro atoms. The largest absolute Gasteiger partial charge is 0.772 e. The molecule has 0 bridgehead atoms. The molecule has 0 heterocycles. The van der Waals surface area contributed by atoms with Gasteiger partial charge in [0.05, 0.1) is 0 Å². The van der Waals surface area contributed by atoms with Crippen molar-refractivity contribution in [3.8, 4) is 0 Å². The summed E-state index contributed by atoms with van der Waals surface area (Å²) in [6.45, 7) is 2.12. The van der Waals surface area contributed by atoms with Crippen LogP contribution >= 0.6 is 0 Å². The van der Waals surface area contributed by atoms with E-state index in [0.717, 1.165) is 19.3 Å². The van der Waals surface area contributed by atoms with Gasteiger partial charge in [-0.05, 0) is 18.8 Å². The fourth-order valence-electron chi connectivity index (χ4n) is 1.55. The van der Waals surface area contributed by atoms with Crippen LogP contribution in [-0.2, 0) is 11.1 Å². The predicted octanol–water partition coefficient (Wildman–Crippen LogP) is 1.44. The van der Waals surface area contributed by atoms with E-state index in [4.69, 9.17) is 0 Å². The van der Waals surface area contributed by atoms with Gasteiger partial charge in [0.2, 0.25) is 0 Å². The van der Waals surface area contributed by atoms with E-state index in [2.05, 4.69) is 6.92 Å². The van der Waals surface area contributed by atoms with Crippen molar-refractivity contribution < 1.29 is 8.76 Å². The molecular weight excluding hydrogens is 148 g/mol. The Labute approximate surface area is 64.3 Å². The number of hydrogen-bond donors (Lipinski definition) is 0. The number of hydrogen-bond acceptors (Lipinski definition) is 2. The molecule has 0 saturated heterocycles. The van der Waals surface area contributed by atoms with Crippen molar-refractivity contribution in [1.82, 2.24) is 0 Å². The molecule has 3 atom stereocenters. The van der Waals surface area contributed by atoms with Crippen LogP contribution in [0, 0.1) is 5.92 Å². The van der Waals surface area contributed by atoms with Crippen molar-refractivity contribution >= 4 is 11.1 Å². The maximum absolute atomic E-state index is 10.5. The Morgan fingerprint density at radius 3 is 2.60 bits per heavy atom. The third-order valence-electron chi connectivity index (χ3n) is 2.16. The molecule has 3 heteroatoms. The van der Waals surface area contributed by atoms with Gasteiger partial charge in [-0.1, -0.05) is 30.8 Å². The Hall–Kier alpha value is 0.110. The first-order valence-electron chi connectivity index (χ1n) is 3.78. The lowest BCUT2D eigenvalue weighted by atomic mass is 9.91. The van der Waals surface area contributed by atoms with Crippen LogP contribution in [0.4, 0.5) is 0 Å². The zero-order chi connectivity index (χ0) is 7.56. The van der Waals surface area contributed by atoms with Gasteiger partial charge in [0, 0.05) is 5.25 Å². The zero-order valence-corrected chi connectivity index (χ0v) is 7.02. The third-order valence-corrected chi connectivity index (χ3v) is 3.13. The molecule has 1 fully saturated rings. The van der Waals surface area contributed by atoms with Gasteiger partial charge < -0.3 is 4.55 Å². The molecule has 10 heavy (non-hydrogen) atoms. The summed E-state index contributed by atoms with van der Waals surface area (Å²) in [5.74, 6) is 0.608. The van der Waals surface area contributed by atoms with Gasteiger partial charge in [-0.15, -0.1) is 0 Å². The predicted molar refractivity (Wildman–Crippen MR) is 40.3 cm³/mol. The van der Waals surface area contributed by atoms with E-state index in [1.54, 1.807) is 0 Å². The van der Waals surface area contributed by atoms with Crippen molar-refractivity contribution in [1.29, 1.82) is 0 Å². The summed E-state index contributed by atoms with van der Waals surface area (Å²) in [5.41, 5.74) is 0. The van der Waals surface area contributed by atoms with Crippen LogP contribution < -0.4 is 0 Å². The van der Waals surface area contributed by atoms with Gasteiger partial charge >= 0.3 is 0 Å². The summed E-state index contributed by atoms with van der Waals surface area (Å²) in [6, 6.07) is 0. The lowest BCUT2D eigenvalue weighted by Crippen LogP contribution is -2.22. The fraction of sp³-hybridized carbons (Fsp3) is 1.00. The molecule has 0 N–H and O–H groups in total. The minimum absolute atomic E-state index is 0.0521. The Balaban J connectivity index is 2.39. The van der Waals surface area contributed by atoms with Gasteiger partial charge in [0.15, 0.2) is 0 Å². The summed E-state index contributed by atoms with van der Waals surface area (Å²) in [6.07, 6.45) is 4.03. The summed E-state index contributed by atoms with van der Waals surface area (Å²) >= 11 is -1.82. The van der Waals surface area contributed by atoms with Crippen molar-refractivity contribution in [2.75, 3.05) is 0 Å². The normalized spacial score (nSPS) is 37.4. The molecule has 1 rings (SSSR count). The van der Waals surface area contributed by atoms with Gasteiger partial charge in [0.1, 0.15) is 0 Å². The Bertz CT molecular complexity index is 136. The molecule has 0 aromatic rings. The van der Waals surface area contributed by atoms with E-state index in [1.807, 2.05) is 0 Å². The van der Waals surface area contributed by atoms with Crippen LogP contribution in [0.2, 0.25) is 0 Å². The highest BCUT2D eigenvalue weighted by Crippen LogP contribution is 2.26. The van der Waals surface area contributed by atoms with E-state index in [-0.39, 0.29) is 5.25 Å². The molecule has 1 saturated carbocycles. The van der Waals surface area contributed by atoms with Crippen molar-refractivity contribution in [2.45, 2.75) is 37.9 Å². The van der Waals surface area contributed by atoms with Crippen LogP contribution in [0.25, 0.3) is 0 Å². The molecule has 1 aliphatic carbocycles. The molecule has 0 aromatic carbocycles. The summed E-state index contributed by atoms with van der Waals surface area (Å²) < 4.78 is 21.0. The van der Waals surface area contributed by atoms with Crippen molar-refractivity contribution in [3.63, 3.8) is 0 Å². The van der Waals surface area contributed by atoms with Gasteiger partial charge in [-0.25, -0.2) is 0 Å². The standard InChI is InChI=1S/C7H14O2S/c1-6-3-2-4-7(5-6)10(8)9/h6-7H,2-5H2,1H3,(H,8,9)/p-1. The Morgan fingerprint density at radius 1 is 1.50 bits per heavy atom. The second kappa shape index (κ2) is 3.49. The highest BCUT2D eigenvalue weighted by Gasteiger charge is 2.18. The molecule has 2 nitrogen and oxygen atoms in total. The highest BCUT2D eigenvalue weighted by atomic mass is 32.2.